The molecule has 134 valence electrons. The van der Waals surface area contributed by atoms with Crippen LogP contribution >= 0.6 is 22.9 Å². The summed E-state index contributed by atoms with van der Waals surface area (Å²) < 4.78 is 1.00. The van der Waals surface area contributed by atoms with Crippen molar-refractivity contribution < 1.29 is 4.79 Å². The lowest BCUT2D eigenvalue weighted by Crippen LogP contribution is -2.36. The van der Waals surface area contributed by atoms with E-state index in [1.54, 1.807) is 6.20 Å². The van der Waals surface area contributed by atoms with E-state index in [-0.39, 0.29) is 11.8 Å². The fourth-order valence-corrected chi connectivity index (χ4v) is 4.73. The summed E-state index contributed by atoms with van der Waals surface area (Å²) in [5.74, 6) is 0.273. The number of pyridine rings is 1. The minimum absolute atomic E-state index is 0.0935. The van der Waals surface area contributed by atoms with Crippen LogP contribution in [0.25, 0.3) is 10.2 Å². The van der Waals surface area contributed by atoms with Gasteiger partial charge in [-0.25, -0.2) is 4.98 Å². The van der Waals surface area contributed by atoms with E-state index in [0.29, 0.717) is 11.6 Å². The van der Waals surface area contributed by atoms with Crippen molar-refractivity contribution in [1.82, 2.24) is 9.97 Å². The molecule has 1 fully saturated rings. The van der Waals surface area contributed by atoms with Gasteiger partial charge in [0.05, 0.1) is 16.8 Å². The zero-order chi connectivity index (χ0) is 17.9. The monoisotopic (exact) mass is 385 g/mol. The van der Waals surface area contributed by atoms with Crippen molar-refractivity contribution in [1.29, 1.82) is 0 Å². The lowest BCUT2D eigenvalue weighted by molar-refractivity contribution is -0.123. The molecular formula is C20H20ClN3OS. The topological polar surface area (TPSA) is 46.1 Å². The average Bonchev–Trinajstić information content (AvgIpc) is 3.10. The van der Waals surface area contributed by atoms with Crippen molar-refractivity contribution in [3.8, 4) is 0 Å². The first kappa shape index (κ1) is 17.4. The van der Waals surface area contributed by atoms with E-state index in [1.807, 2.05) is 41.4 Å². The Morgan fingerprint density at radius 3 is 2.85 bits per heavy atom. The first-order valence-electron chi connectivity index (χ1n) is 8.97. The number of benzene rings is 1. The van der Waals surface area contributed by atoms with Gasteiger partial charge in [0.15, 0.2) is 5.13 Å². The van der Waals surface area contributed by atoms with E-state index in [2.05, 4.69) is 4.98 Å². The largest absolute Gasteiger partial charge is 0.283 e. The Bertz CT molecular complexity index is 906. The molecule has 3 aromatic rings. The van der Waals surface area contributed by atoms with Crippen LogP contribution in [0.5, 0.6) is 0 Å². The van der Waals surface area contributed by atoms with Gasteiger partial charge in [0.2, 0.25) is 5.91 Å². The van der Waals surface area contributed by atoms with Crippen LogP contribution in [0.1, 0.15) is 37.7 Å². The van der Waals surface area contributed by atoms with Gasteiger partial charge in [-0.2, -0.15) is 0 Å². The molecule has 0 atom stereocenters. The lowest BCUT2D eigenvalue weighted by atomic mass is 9.88. The molecule has 1 aliphatic carbocycles. The van der Waals surface area contributed by atoms with E-state index in [1.165, 1.54) is 17.8 Å². The molecule has 0 saturated heterocycles. The molecule has 0 unspecified atom stereocenters. The van der Waals surface area contributed by atoms with E-state index in [4.69, 9.17) is 16.6 Å². The number of rotatable bonds is 4. The molecule has 4 nitrogen and oxygen atoms in total. The Hall–Kier alpha value is -1.98. The first-order valence-corrected chi connectivity index (χ1v) is 10.2. The molecule has 1 amide bonds. The van der Waals surface area contributed by atoms with Crippen molar-refractivity contribution >= 4 is 44.2 Å². The fraction of sp³-hybridized carbons (Fsp3) is 0.350. The third-order valence-corrected chi connectivity index (χ3v) is 6.13. The van der Waals surface area contributed by atoms with Gasteiger partial charge < -0.3 is 0 Å². The predicted molar refractivity (Wildman–Crippen MR) is 107 cm³/mol. The second-order valence-electron chi connectivity index (χ2n) is 6.73. The maximum atomic E-state index is 13.3. The first-order chi connectivity index (χ1) is 12.7. The molecule has 4 rings (SSSR count). The molecule has 1 saturated carbocycles. The van der Waals surface area contributed by atoms with E-state index in [9.17, 15) is 4.79 Å². The minimum atomic E-state index is 0.0935. The number of nitrogens with zero attached hydrogens (tertiary/aromatic N) is 3. The van der Waals surface area contributed by atoms with Gasteiger partial charge in [-0.05, 0) is 42.7 Å². The van der Waals surface area contributed by atoms with Crippen molar-refractivity contribution in [2.75, 3.05) is 4.90 Å². The van der Waals surface area contributed by atoms with Crippen LogP contribution in [0.3, 0.4) is 0 Å². The third kappa shape index (κ3) is 3.74. The zero-order valence-electron chi connectivity index (χ0n) is 14.4. The van der Waals surface area contributed by atoms with Crippen LogP contribution in [-0.4, -0.2) is 15.9 Å². The normalized spacial score (nSPS) is 15.3. The van der Waals surface area contributed by atoms with Gasteiger partial charge >= 0.3 is 0 Å². The van der Waals surface area contributed by atoms with E-state index in [0.717, 1.165) is 46.6 Å². The number of thiazole rings is 1. The van der Waals surface area contributed by atoms with Crippen molar-refractivity contribution in [2.45, 2.75) is 38.6 Å². The van der Waals surface area contributed by atoms with Crippen LogP contribution in [0.15, 0.2) is 42.7 Å². The number of anilines is 1. The van der Waals surface area contributed by atoms with Crippen LogP contribution in [0.4, 0.5) is 5.13 Å². The highest BCUT2D eigenvalue weighted by Crippen LogP contribution is 2.34. The number of fused-ring (bicyclic) bond motifs is 1. The lowest BCUT2D eigenvalue weighted by Gasteiger charge is -2.27. The van der Waals surface area contributed by atoms with Gasteiger partial charge in [-0.15, -0.1) is 0 Å². The second kappa shape index (κ2) is 7.72. The quantitative estimate of drug-likeness (QED) is 0.599. The van der Waals surface area contributed by atoms with Gasteiger partial charge in [0.1, 0.15) is 0 Å². The molecule has 6 heteroatoms. The summed E-state index contributed by atoms with van der Waals surface area (Å²) in [4.78, 5) is 24.0. The van der Waals surface area contributed by atoms with Crippen LogP contribution in [0.2, 0.25) is 5.02 Å². The molecule has 0 N–H and O–H groups in total. The molecule has 0 bridgehead atoms. The maximum Gasteiger partial charge on any atom is 0.232 e. The number of carbonyl (C=O) groups excluding carboxylic acids is 1. The van der Waals surface area contributed by atoms with Gasteiger partial charge in [0.25, 0.3) is 0 Å². The molecule has 0 spiro atoms. The summed E-state index contributed by atoms with van der Waals surface area (Å²) in [6, 6.07) is 9.55. The molecular weight excluding hydrogens is 366 g/mol. The summed E-state index contributed by atoms with van der Waals surface area (Å²) >= 11 is 7.63. The Labute approximate surface area is 161 Å². The Morgan fingerprint density at radius 2 is 2.08 bits per heavy atom. The second-order valence-corrected chi connectivity index (χ2v) is 8.17. The molecule has 1 aliphatic rings. The summed E-state index contributed by atoms with van der Waals surface area (Å²) in [6.45, 7) is 0.497. The Morgan fingerprint density at radius 1 is 1.23 bits per heavy atom. The fourth-order valence-electron chi connectivity index (χ4n) is 3.49. The SMILES string of the molecule is O=C(C1CCCCC1)N(Cc1cccnc1)c1nc2ccc(Cl)cc2s1. The zero-order valence-corrected chi connectivity index (χ0v) is 16.0. The third-order valence-electron chi connectivity index (χ3n) is 4.85. The van der Waals surface area contributed by atoms with E-state index >= 15 is 0 Å². The molecule has 2 heterocycles. The van der Waals surface area contributed by atoms with Gasteiger partial charge in [-0.1, -0.05) is 48.3 Å². The highest BCUT2D eigenvalue weighted by molar-refractivity contribution is 7.22. The Balaban J connectivity index is 1.69. The smallest absolute Gasteiger partial charge is 0.232 e. The molecule has 0 aliphatic heterocycles. The molecule has 1 aromatic carbocycles. The van der Waals surface area contributed by atoms with Crippen molar-refractivity contribution in [2.24, 2.45) is 5.92 Å². The number of halogens is 1. The van der Waals surface area contributed by atoms with Crippen molar-refractivity contribution in [3.63, 3.8) is 0 Å². The number of amides is 1. The number of carbonyl (C=O) groups is 1. The molecule has 2 aromatic heterocycles. The van der Waals surface area contributed by atoms with E-state index < -0.39 is 0 Å². The average molecular weight is 386 g/mol. The number of hydrogen-bond acceptors (Lipinski definition) is 4. The standard InChI is InChI=1S/C20H20ClN3OS/c21-16-8-9-17-18(11-16)26-20(23-17)24(13-14-5-4-10-22-12-14)19(25)15-6-2-1-3-7-15/h4-5,8-12,15H,1-3,6-7,13H2. The minimum Gasteiger partial charge on any atom is -0.283 e. The van der Waals surface area contributed by atoms with Crippen LogP contribution in [0, 0.1) is 5.92 Å². The highest BCUT2D eigenvalue weighted by Gasteiger charge is 2.29. The number of hydrogen-bond donors (Lipinski definition) is 0. The maximum absolute atomic E-state index is 13.3. The highest BCUT2D eigenvalue weighted by atomic mass is 35.5. The summed E-state index contributed by atoms with van der Waals surface area (Å²) in [5.41, 5.74) is 1.89. The molecule has 26 heavy (non-hydrogen) atoms. The van der Waals surface area contributed by atoms with Gasteiger partial charge in [0, 0.05) is 23.3 Å². The van der Waals surface area contributed by atoms with Crippen LogP contribution < -0.4 is 4.90 Å². The Kier molecular flexibility index (Phi) is 5.18. The summed E-state index contributed by atoms with van der Waals surface area (Å²) in [7, 11) is 0. The number of aromatic nitrogens is 2. The van der Waals surface area contributed by atoms with Crippen molar-refractivity contribution in [3.05, 3.63) is 53.3 Å². The van der Waals surface area contributed by atoms with Gasteiger partial charge in [-0.3, -0.25) is 14.7 Å². The van der Waals surface area contributed by atoms with Crippen LogP contribution in [-0.2, 0) is 11.3 Å². The summed E-state index contributed by atoms with van der Waals surface area (Å²) in [6.07, 6.45) is 8.99. The predicted octanol–water partition coefficient (Wildman–Crippen LogP) is 5.46. The molecule has 0 radical (unpaired) electrons. The summed E-state index contributed by atoms with van der Waals surface area (Å²) in [5, 5.41) is 1.42.